The Labute approximate surface area is 218 Å². The highest BCUT2D eigenvalue weighted by Crippen LogP contribution is 2.25. The first kappa shape index (κ1) is 23.8. The Morgan fingerprint density at radius 2 is 1.77 bits per heavy atom. The van der Waals surface area contributed by atoms with Gasteiger partial charge in [-0.15, -0.1) is 0 Å². The van der Waals surface area contributed by atoms with E-state index in [0.717, 1.165) is 63.7 Å². The van der Waals surface area contributed by atoms with Gasteiger partial charge in [0.2, 0.25) is 0 Å². The summed E-state index contributed by atoms with van der Waals surface area (Å²) in [6, 6.07) is 19.8. The molecule has 0 aliphatic carbocycles. The van der Waals surface area contributed by atoms with E-state index in [2.05, 4.69) is 44.1 Å². The van der Waals surface area contributed by atoms with Gasteiger partial charge in [-0.1, -0.05) is 51.8 Å². The Bertz CT molecular complexity index is 1440. The Morgan fingerprint density at radius 3 is 2.54 bits per heavy atom. The summed E-state index contributed by atoms with van der Waals surface area (Å²) < 4.78 is 2.77. The molecule has 2 heterocycles. The van der Waals surface area contributed by atoms with Crippen LogP contribution in [0.25, 0.3) is 16.5 Å². The zero-order valence-electron chi connectivity index (χ0n) is 19.5. The topological polar surface area (TPSA) is 62.0 Å². The maximum atomic E-state index is 13.2. The van der Waals surface area contributed by atoms with E-state index in [1.165, 1.54) is 0 Å². The Morgan fingerprint density at radius 1 is 1.03 bits per heavy atom. The van der Waals surface area contributed by atoms with Gasteiger partial charge in [0.05, 0.1) is 11.4 Å². The number of rotatable bonds is 6. The molecule has 3 aromatic carbocycles. The standard InChI is InChI=1S/C28H26BrClN4O/c1-18-14-26(34(32-18)24-10-7-20-15-23(29)9-6-21(20)16-24)27(35)11-8-19-4-5-22(17-25(19)30)28(31)33-12-2-3-13-33/h4-7,9-10,14-17,31H,2-3,8,11-13H2,1H3. The van der Waals surface area contributed by atoms with Gasteiger partial charge >= 0.3 is 0 Å². The molecule has 0 saturated carbocycles. The fourth-order valence-electron chi connectivity index (χ4n) is 4.63. The minimum atomic E-state index is 0.0199. The average Bonchev–Trinajstić information content (AvgIpc) is 3.52. The van der Waals surface area contributed by atoms with Gasteiger partial charge in [0, 0.05) is 34.6 Å². The van der Waals surface area contributed by atoms with E-state index >= 15 is 0 Å². The molecule has 5 rings (SSSR count). The van der Waals surface area contributed by atoms with Crippen molar-refractivity contribution in [1.82, 2.24) is 14.7 Å². The molecule has 4 aromatic rings. The molecule has 0 radical (unpaired) electrons. The van der Waals surface area contributed by atoms with Crippen molar-refractivity contribution in [3.63, 3.8) is 0 Å². The minimum Gasteiger partial charge on any atom is -0.357 e. The summed E-state index contributed by atoms with van der Waals surface area (Å²) >= 11 is 10.1. The van der Waals surface area contributed by atoms with Crippen LogP contribution in [0.1, 0.15) is 46.6 Å². The van der Waals surface area contributed by atoms with Crippen LogP contribution in [0.4, 0.5) is 0 Å². The van der Waals surface area contributed by atoms with Crippen LogP contribution in [0, 0.1) is 12.3 Å². The molecule has 1 aliphatic heterocycles. The SMILES string of the molecule is Cc1cc(C(=O)CCc2ccc(C(=N)N3CCCC3)cc2Cl)n(-c2ccc3cc(Br)ccc3c2)n1. The molecule has 1 saturated heterocycles. The zero-order valence-corrected chi connectivity index (χ0v) is 21.9. The molecule has 5 nitrogen and oxygen atoms in total. The number of aromatic nitrogens is 2. The van der Waals surface area contributed by atoms with Gasteiger partial charge < -0.3 is 4.90 Å². The second-order valence-electron chi connectivity index (χ2n) is 9.03. The molecule has 1 N–H and O–H groups in total. The van der Waals surface area contributed by atoms with Crippen LogP contribution in [0.5, 0.6) is 0 Å². The lowest BCUT2D eigenvalue weighted by molar-refractivity contribution is 0.0975. The summed E-state index contributed by atoms with van der Waals surface area (Å²) in [6.45, 7) is 3.75. The van der Waals surface area contributed by atoms with Crippen LogP contribution < -0.4 is 0 Å². The number of ketones is 1. The Balaban J connectivity index is 1.33. The average molecular weight is 550 g/mol. The van der Waals surface area contributed by atoms with Crippen LogP contribution in [-0.4, -0.2) is 39.4 Å². The van der Waals surface area contributed by atoms with Crippen LogP contribution in [0.3, 0.4) is 0 Å². The van der Waals surface area contributed by atoms with Gasteiger partial charge in [-0.2, -0.15) is 5.10 Å². The van der Waals surface area contributed by atoms with Crippen molar-refractivity contribution >= 4 is 49.9 Å². The minimum absolute atomic E-state index is 0.0199. The molecule has 35 heavy (non-hydrogen) atoms. The summed E-state index contributed by atoms with van der Waals surface area (Å²) in [5, 5.41) is 15.9. The molecule has 0 bridgehead atoms. The number of hydrogen-bond donors (Lipinski definition) is 1. The number of amidine groups is 1. The highest BCUT2D eigenvalue weighted by molar-refractivity contribution is 9.10. The summed E-state index contributed by atoms with van der Waals surface area (Å²) in [5.41, 5.74) is 3.97. The highest BCUT2D eigenvalue weighted by atomic mass is 79.9. The number of carbonyl (C=O) groups excluding carboxylic acids is 1. The monoisotopic (exact) mass is 548 g/mol. The molecule has 1 aromatic heterocycles. The smallest absolute Gasteiger partial charge is 0.181 e. The number of nitrogens with one attached hydrogen (secondary N) is 1. The lowest BCUT2D eigenvalue weighted by Gasteiger charge is -2.19. The van der Waals surface area contributed by atoms with E-state index < -0.39 is 0 Å². The van der Waals surface area contributed by atoms with Gasteiger partial charge in [-0.05, 0) is 78.9 Å². The van der Waals surface area contributed by atoms with E-state index in [-0.39, 0.29) is 5.78 Å². The lowest BCUT2D eigenvalue weighted by Crippen LogP contribution is -2.27. The van der Waals surface area contributed by atoms with E-state index in [4.69, 9.17) is 17.0 Å². The summed E-state index contributed by atoms with van der Waals surface area (Å²) in [6.07, 6.45) is 3.12. The van der Waals surface area contributed by atoms with Crippen molar-refractivity contribution in [2.45, 2.75) is 32.6 Å². The van der Waals surface area contributed by atoms with Crippen LogP contribution in [0.15, 0.2) is 65.1 Å². The molecule has 7 heteroatoms. The van der Waals surface area contributed by atoms with Crippen molar-refractivity contribution in [2.24, 2.45) is 0 Å². The summed E-state index contributed by atoms with van der Waals surface area (Å²) in [4.78, 5) is 15.3. The van der Waals surface area contributed by atoms with Gasteiger partial charge in [0.15, 0.2) is 5.78 Å². The number of hydrogen-bond acceptors (Lipinski definition) is 3. The van der Waals surface area contributed by atoms with Gasteiger partial charge in [0.25, 0.3) is 0 Å². The first-order valence-corrected chi connectivity index (χ1v) is 13.0. The van der Waals surface area contributed by atoms with Crippen LogP contribution >= 0.6 is 27.5 Å². The third-order valence-corrected chi connectivity index (χ3v) is 7.36. The molecule has 0 amide bonds. The van der Waals surface area contributed by atoms with E-state index in [9.17, 15) is 4.79 Å². The first-order chi connectivity index (χ1) is 16.9. The fraction of sp³-hybridized carbons (Fsp3) is 0.250. The molecule has 0 atom stereocenters. The molecule has 1 aliphatic rings. The molecule has 0 unspecified atom stereocenters. The second-order valence-corrected chi connectivity index (χ2v) is 10.4. The largest absolute Gasteiger partial charge is 0.357 e. The van der Waals surface area contributed by atoms with E-state index in [1.807, 2.05) is 49.4 Å². The van der Waals surface area contributed by atoms with Crippen molar-refractivity contribution in [1.29, 1.82) is 5.41 Å². The molecule has 1 fully saturated rings. The predicted octanol–water partition coefficient (Wildman–Crippen LogP) is 6.99. The first-order valence-electron chi connectivity index (χ1n) is 11.8. The molecular formula is C28H26BrClN4O. The number of benzene rings is 3. The summed E-state index contributed by atoms with van der Waals surface area (Å²) in [7, 11) is 0. The molecule has 0 spiro atoms. The number of halogens is 2. The Hall–Kier alpha value is -2.96. The van der Waals surface area contributed by atoms with Crippen molar-refractivity contribution in [3.05, 3.63) is 92.7 Å². The lowest BCUT2D eigenvalue weighted by atomic mass is 10.0. The van der Waals surface area contributed by atoms with E-state index in [1.54, 1.807) is 4.68 Å². The predicted molar refractivity (Wildman–Crippen MR) is 145 cm³/mol. The zero-order chi connectivity index (χ0) is 24.5. The van der Waals surface area contributed by atoms with E-state index in [0.29, 0.717) is 29.4 Å². The third-order valence-electron chi connectivity index (χ3n) is 6.52. The van der Waals surface area contributed by atoms with Crippen molar-refractivity contribution in [3.8, 4) is 5.69 Å². The van der Waals surface area contributed by atoms with Gasteiger partial charge in [0.1, 0.15) is 11.5 Å². The van der Waals surface area contributed by atoms with Crippen molar-refractivity contribution in [2.75, 3.05) is 13.1 Å². The van der Waals surface area contributed by atoms with Gasteiger partial charge in [-0.25, -0.2) is 4.68 Å². The maximum absolute atomic E-state index is 13.2. The molecule has 178 valence electrons. The summed E-state index contributed by atoms with van der Waals surface area (Å²) in [5.74, 6) is 0.542. The fourth-order valence-corrected chi connectivity index (χ4v) is 5.28. The maximum Gasteiger partial charge on any atom is 0.181 e. The van der Waals surface area contributed by atoms with Crippen LogP contribution in [0.2, 0.25) is 5.02 Å². The number of fused-ring (bicyclic) bond motifs is 1. The second kappa shape index (κ2) is 9.96. The van der Waals surface area contributed by atoms with Gasteiger partial charge in [-0.3, -0.25) is 10.2 Å². The number of carbonyl (C=O) groups is 1. The highest BCUT2D eigenvalue weighted by Gasteiger charge is 2.19. The number of likely N-dealkylation sites (tertiary alicyclic amines) is 1. The van der Waals surface area contributed by atoms with Crippen molar-refractivity contribution < 1.29 is 4.79 Å². The third kappa shape index (κ3) is 5.04. The number of Topliss-reactive ketones (excluding diaryl/α,β-unsaturated/α-hetero) is 1. The van der Waals surface area contributed by atoms with Crippen LogP contribution in [-0.2, 0) is 6.42 Å². The normalized spacial score (nSPS) is 13.5. The quantitative estimate of drug-likeness (QED) is 0.160. The number of nitrogens with zero attached hydrogens (tertiary/aromatic N) is 3. The molecular weight excluding hydrogens is 524 g/mol. The number of aryl methyl sites for hydroxylation is 2. The Kier molecular flexibility index (Phi) is 6.76.